The first-order chi connectivity index (χ1) is 15.1. The van der Waals surface area contributed by atoms with Crippen molar-refractivity contribution in [2.45, 2.75) is 46.3 Å². The third-order valence-electron chi connectivity index (χ3n) is 6.61. The van der Waals surface area contributed by atoms with E-state index in [2.05, 4.69) is 84.4 Å². The molecule has 0 aliphatic carbocycles. The molecule has 2 aromatic carbocycles. The number of hydrogen-bond donors (Lipinski definition) is 1. The van der Waals surface area contributed by atoms with E-state index in [1.165, 1.54) is 33.3 Å². The second-order valence-corrected chi connectivity index (χ2v) is 8.51. The van der Waals surface area contributed by atoms with Crippen LogP contribution in [0, 0.1) is 13.8 Å². The van der Waals surface area contributed by atoms with Crippen molar-refractivity contribution >= 4 is 10.9 Å². The van der Waals surface area contributed by atoms with Crippen molar-refractivity contribution in [1.82, 2.24) is 19.7 Å². The van der Waals surface area contributed by atoms with E-state index in [1.807, 2.05) is 4.68 Å². The van der Waals surface area contributed by atoms with E-state index in [4.69, 9.17) is 4.74 Å². The van der Waals surface area contributed by atoms with Gasteiger partial charge in [-0.1, -0.05) is 30.3 Å². The lowest BCUT2D eigenvalue weighted by Gasteiger charge is -2.36. The standard InChI is InChI=1S/C26H30N4O/c1-5-30-16-20(18(3)28-30)15-29-13-12-22-21-8-6-7-9-23(21)27-25(22)26(29)19-10-11-24(31-4)17(2)14-19/h6-11,14,16,26-27H,5,12-13,15H2,1-4H3/t26-/m1/s1. The maximum absolute atomic E-state index is 5.53. The third kappa shape index (κ3) is 3.43. The van der Waals surface area contributed by atoms with E-state index < -0.39 is 0 Å². The smallest absolute Gasteiger partial charge is 0.121 e. The number of aromatic amines is 1. The SMILES string of the molecule is CCn1cc(CN2CCc3c([nH]c4ccccc34)[C@H]2c2ccc(OC)c(C)c2)c(C)n1. The summed E-state index contributed by atoms with van der Waals surface area (Å²) < 4.78 is 7.56. The van der Waals surface area contributed by atoms with Gasteiger partial charge in [-0.05, 0) is 56.0 Å². The Kier molecular flexibility index (Phi) is 5.06. The zero-order chi connectivity index (χ0) is 21.5. The number of ether oxygens (including phenoxy) is 1. The quantitative estimate of drug-likeness (QED) is 0.491. The summed E-state index contributed by atoms with van der Waals surface area (Å²) in [5, 5.41) is 6.02. The lowest BCUT2D eigenvalue weighted by molar-refractivity contribution is 0.201. The number of aromatic nitrogens is 3. The zero-order valence-electron chi connectivity index (χ0n) is 18.8. The number of H-pyrrole nitrogens is 1. The van der Waals surface area contributed by atoms with E-state index in [-0.39, 0.29) is 6.04 Å². The van der Waals surface area contributed by atoms with Gasteiger partial charge in [0.1, 0.15) is 5.75 Å². The second-order valence-electron chi connectivity index (χ2n) is 8.51. The van der Waals surface area contributed by atoms with Gasteiger partial charge in [-0.15, -0.1) is 0 Å². The molecule has 0 radical (unpaired) electrons. The highest BCUT2D eigenvalue weighted by molar-refractivity contribution is 5.85. The van der Waals surface area contributed by atoms with Gasteiger partial charge < -0.3 is 9.72 Å². The molecule has 0 saturated carbocycles. The van der Waals surface area contributed by atoms with E-state index in [0.29, 0.717) is 0 Å². The average Bonchev–Trinajstić information content (AvgIpc) is 3.33. The van der Waals surface area contributed by atoms with Gasteiger partial charge >= 0.3 is 0 Å². The van der Waals surface area contributed by atoms with Crippen LogP contribution in [0.15, 0.2) is 48.7 Å². The fraction of sp³-hybridized carbons (Fsp3) is 0.346. The van der Waals surface area contributed by atoms with Crippen molar-refractivity contribution in [2.75, 3.05) is 13.7 Å². The van der Waals surface area contributed by atoms with Crippen LogP contribution in [0.3, 0.4) is 0 Å². The predicted molar refractivity (Wildman–Crippen MR) is 125 cm³/mol. The molecule has 2 aromatic heterocycles. The molecular weight excluding hydrogens is 384 g/mol. The fourth-order valence-electron chi connectivity index (χ4n) is 5.01. The van der Waals surface area contributed by atoms with Gasteiger partial charge in [0.25, 0.3) is 0 Å². The van der Waals surface area contributed by atoms with Gasteiger partial charge in [0.2, 0.25) is 0 Å². The van der Waals surface area contributed by atoms with Crippen LogP contribution in [0.4, 0.5) is 0 Å². The van der Waals surface area contributed by atoms with Crippen LogP contribution in [0.1, 0.15) is 46.6 Å². The molecule has 3 heterocycles. The molecule has 0 unspecified atom stereocenters. The van der Waals surface area contributed by atoms with Crippen LogP contribution < -0.4 is 4.74 Å². The first-order valence-electron chi connectivity index (χ1n) is 11.1. The Balaban J connectivity index is 1.62. The largest absolute Gasteiger partial charge is 0.496 e. The second kappa shape index (κ2) is 7.89. The van der Waals surface area contributed by atoms with Crippen LogP contribution in [-0.4, -0.2) is 33.3 Å². The van der Waals surface area contributed by atoms with Crippen LogP contribution >= 0.6 is 0 Å². The Morgan fingerprint density at radius 3 is 2.74 bits per heavy atom. The average molecular weight is 415 g/mol. The highest BCUT2D eigenvalue weighted by Gasteiger charge is 2.32. The summed E-state index contributed by atoms with van der Waals surface area (Å²) in [6, 6.07) is 15.4. The molecule has 31 heavy (non-hydrogen) atoms. The van der Waals surface area contributed by atoms with Crippen molar-refractivity contribution in [1.29, 1.82) is 0 Å². The minimum Gasteiger partial charge on any atom is -0.496 e. The molecule has 4 aromatic rings. The van der Waals surface area contributed by atoms with Gasteiger partial charge in [-0.3, -0.25) is 9.58 Å². The van der Waals surface area contributed by atoms with Crippen LogP contribution in [-0.2, 0) is 19.5 Å². The molecule has 5 rings (SSSR count). The van der Waals surface area contributed by atoms with Gasteiger partial charge in [0.15, 0.2) is 0 Å². The molecule has 5 heteroatoms. The Bertz CT molecular complexity index is 1240. The number of hydrogen-bond acceptors (Lipinski definition) is 3. The number of rotatable bonds is 5. The highest BCUT2D eigenvalue weighted by atomic mass is 16.5. The molecule has 0 amide bonds. The van der Waals surface area contributed by atoms with E-state index in [0.717, 1.165) is 43.1 Å². The number of fused-ring (bicyclic) bond motifs is 3. The summed E-state index contributed by atoms with van der Waals surface area (Å²) in [5.41, 5.74) is 8.87. The van der Waals surface area contributed by atoms with Gasteiger partial charge in [-0.25, -0.2) is 0 Å². The number of nitrogens with one attached hydrogen (secondary N) is 1. The van der Waals surface area contributed by atoms with Crippen molar-refractivity contribution in [3.05, 3.63) is 82.3 Å². The number of para-hydroxylation sites is 1. The summed E-state index contributed by atoms with van der Waals surface area (Å²) in [5.74, 6) is 0.933. The fourth-order valence-corrected chi connectivity index (χ4v) is 5.01. The lowest BCUT2D eigenvalue weighted by atomic mass is 9.91. The normalized spacial score (nSPS) is 16.6. The zero-order valence-corrected chi connectivity index (χ0v) is 18.8. The molecular formula is C26H30N4O. The van der Waals surface area contributed by atoms with Crippen LogP contribution in [0.25, 0.3) is 10.9 Å². The summed E-state index contributed by atoms with van der Waals surface area (Å²) in [6.07, 6.45) is 3.25. The highest BCUT2D eigenvalue weighted by Crippen LogP contribution is 2.40. The Morgan fingerprint density at radius 1 is 1.16 bits per heavy atom. The maximum atomic E-state index is 5.53. The van der Waals surface area contributed by atoms with Crippen LogP contribution in [0.2, 0.25) is 0 Å². The number of nitrogens with zero attached hydrogens (tertiary/aromatic N) is 3. The van der Waals surface area contributed by atoms with E-state index in [1.54, 1.807) is 7.11 Å². The van der Waals surface area contributed by atoms with Gasteiger partial charge in [0.05, 0.1) is 18.8 Å². The van der Waals surface area contributed by atoms with E-state index in [9.17, 15) is 0 Å². The molecule has 1 aliphatic heterocycles. The number of methoxy groups -OCH3 is 1. The lowest BCUT2D eigenvalue weighted by Crippen LogP contribution is -2.35. The van der Waals surface area contributed by atoms with Crippen molar-refractivity contribution in [3.8, 4) is 5.75 Å². The topological polar surface area (TPSA) is 46.1 Å². The molecule has 1 atom stereocenters. The molecule has 1 aliphatic rings. The molecule has 0 bridgehead atoms. The molecule has 0 spiro atoms. The van der Waals surface area contributed by atoms with Crippen LogP contribution in [0.5, 0.6) is 5.75 Å². The minimum absolute atomic E-state index is 0.171. The summed E-state index contributed by atoms with van der Waals surface area (Å²) >= 11 is 0. The Labute approximate surface area is 183 Å². The van der Waals surface area contributed by atoms with E-state index >= 15 is 0 Å². The van der Waals surface area contributed by atoms with Gasteiger partial charge in [-0.2, -0.15) is 5.10 Å². The molecule has 0 saturated heterocycles. The van der Waals surface area contributed by atoms with Crippen molar-refractivity contribution in [3.63, 3.8) is 0 Å². The predicted octanol–water partition coefficient (Wildman–Crippen LogP) is 5.16. The molecule has 1 N–H and O–H groups in total. The molecule has 160 valence electrons. The molecule has 0 fully saturated rings. The Hall–Kier alpha value is -3.05. The third-order valence-corrected chi connectivity index (χ3v) is 6.61. The van der Waals surface area contributed by atoms with Gasteiger partial charge in [0, 0.05) is 48.0 Å². The monoisotopic (exact) mass is 414 g/mol. The minimum atomic E-state index is 0.171. The number of aryl methyl sites for hydroxylation is 3. The number of benzene rings is 2. The van der Waals surface area contributed by atoms with Crippen molar-refractivity contribution < 1.29 is 4.74 Å². The first kappa shape index (κ1) is 19.9. The first-order valence-corrected chi connectivity index (χ1v) is 11.1. The maximum Gasteiger partial charge on any atom is 0.121 e. The summed E-state index contributed by atoms with van der Waals surface area (Å²) in [6.45, 7) is 9.17. The Morgan fingerprint density at radius 2 is 2.00 bits per heavy atom. The summed E-state index contributed by atoms with van der Waals surface area (Å²) in [4.78, 5) is 6.35. The molecule has 5 nitrogen and oxygen atoms in total. The summed E-state index contributed by atoms with van der Waals surface area (Å²) in [7, 11) is 1.74. The van der Waals surface area contributed by atoms with Crippen molar-refractivity contribution in [2.24, 2.45) is 0 Å².